The Morgan fingerprint density at radius 2 is 2.50 bits per heavy atom. The summed E-state index contributed by atoms with van der Waals surface area (Å²) in [7, 11) is 0. The molecular weight excluding hydrogens is 204 g/mol. The van der Waals surface area contributed by atoms with Crippen molar-refractivity contribution in [2.24, 2.45) is 11.8 Å². The number of amides is 1. The van der Waals surface area contributed by atoms with Gasteiger partial charge in [0.2, 0.25) is 5.91 Å². The molecule has 2 atom stereocenters. The summed E-state index contributed by atoms with van der Waals surface area (Å²) in [4.78, 5) is 19.7. The predicted octanol–water partition coefficient (Wildman–Crippen LogP) is -0.0517. The molecule has 2 rings (SSSR count). The summed E-state index contributed by atoms with van der Waals surface area (Å²) in [5.41, 5.74) is 0.835. The molecule has 0 radical (unpaired) electrons. The van der Waals surface area contributed by atoms with Gasteiger partial charge in [0.25, 0.3) is 0 Å². The van der Waals surface area contributed by atoms with Gasteiger partial charge in [-0.2, -0.15) is 0 Å². The number of carbonyl (C=O) groups is 1. The van der Waals surface area contributed by atoms with Crippen molar-refractivity contribution >= 4 is 5.91 Å². The zero-order chi connectivity index (χ0) is 11.4. The van der Waals surface area contributed by atoms with Crippen LogP contribution in [-0.4, -0.2) is 29.0 Å². The summed E-state index contributed by atoms with van der Waals surface area (Å²) in [5, 5.41) is 6.12. The molecule has 16 heavy (non-hydrogen) atoms. The highest BCUT2D eigenvalue weighted by molar-refractivity contribution is 5.79. The largest absolute Gasteiger partial charge is 0.350 e. The lowest BCUT2D eigenvalue weighted by molar-refractivity contribution is -0.125. The molecule has 0 bridgehead atoms. The van der Waals surface area contributed by atoms with Crippen molar-refractivity contribution in [2.45, 2.75) is 13.5 Å². The second-order valence-electron chi connectivity index (χ2n) is 4.16. The minimum Gasteiger partial charge on any atom is -0.350 e. The van der Waals surface area contributed by atoms with Crippen LogP contribution in [0.2, 0.25) is 0 Å². The summed E-state index contributed by atoms with van der Waals surface area (Å²) in [6.45, 7) is 4.27. The summed E-state index contributed by atoms with van der Waals surface area (Å²) < 4.78 is 0. The van der Waals surface area contributed by atoms with E-state index in [2.05, 4.69) is 27.5 Å². The summed E-state index contributed by atoms with van der Waals surface area (Å²) in [5.74, 6) is 0.600. The highest BCUT2D eigenvalue weighted by Crippen LogP contribution is 2.15. The lowest BCUT2D eigenvalue weighted by atomic mass is 9.97. The van der Waals surface area contributed by atoms with E-state index in [1.54, 1.807) is 12.3 Å². The average Bonchev–Trinajstić information content (AvgIpc) is 2.74. The van der Waals surface area contributed by atoms with E-state index in [0.717, 1.165) is 18.8 Å². The number of aromatic nitrogens is 2. The number of nitrogens with zero attached hydrogens (tertiary/aromatic N) is 2. The van der Waals surface area contributed by atoms with Crippen molar-refractivity contribution in [3.8, 4) is 0 Å². The first kappa shape index (κ1) is 11.0. The van der Waals surface area contributed by atoms with Crippen molar-refractivity contribution in [2.75, 3.05) is 13.1 Å². The van der Waals surface area contributed by atoms with Crippen LogP contribution in [0.25, 0.3) is 0 Å². The van der Waals surface area contributed by atoms with E-state index in [-0.39, 0.29) is 11.8 Å². The van der Waals surface area contributed by atoms with Crippen molar-refractivity contribution in [3.63, 3.8) is 0 Å². The van der Waals surface area contributed by atoms with Crippen LogP contribution in [0.3, 0.4) is 0 Å². The van der Waals surface area contributed by atoms with E-state index in [0.29, 0.717) is 12.5 Å². The normalized spacial score (nSPS) is 24.3. The van der Waals surface area contributed by atoms with Gasteiger partial charge in [-0.1, -0.05) is 6.92 Å². The zero-order valence-corrected chi connectivity index (χ0v) is 9.31. The molecule has 1 aromatic heterocycles. The number of rotatable bonds is 3. The second kappa shape index (κ2) is 5.03. The maximum absolute atomic E-state index is 11.8. The molecule has 1 fully saturated rings. The first-order chi connectivity index (χ1) is 7.77. The van der Waals surface area contributed by atoms with Gasteiger partial charge in [-0.3, -0.25) is 4.79 Å². The van der Waals surface area contributed by atoms with E-state index in [1.807, 2.05) is 0 Å². The molecule has 2 heterocycles. The third kappa shape index (κ3) is 2.55. The number of nitrogens with one attached hydrogen (secondary N) is 2. The Balaban J connectivity index is 1.84. The molecule has 5 heteroatoms. The van der Waals surface area contributed by atoms with Crippen LogP contribution in [-0.2, 0) is 11.3 Å². The van der Waals surface area contributed by atoms with E-state index < -0.39 is 0 Å². The van der Waals surface area contributed by atoms with Crippen LogP contribution >= 0.6 is 0 Å². The Labute approximate surface area is 94.7 Å². The number of hydrogen-bond donors (Lipinski definition) is 2. The summed E-state index contributed by atoms with van der Waals surface area (Å²) in [6.07, 6.45) is 3.16. The SMILES string of the molecule is CC1CNCC1C(=O)NCc1ccncn1. The van der Waals surface area contributed by atoms with Crippen molar-refractivity contribution in [1.82, 2.24) is 20.6 Å². The molecule has 1 saturated heterocycles. The van der Waals surface area contributed by atoms with Gasteiger partial charge in [0.05, 0.1) is 18.2 Å². The van der Waals surface area contributed by atoms with Crippen LogP contribution in [0.15, 0.2) is 18.6 Å². The van der Waals surface area contributed by atoms with Gasteiger partial charge in [0.15, 0.2) is 0 Å². The van der Waals surface area contributed by atoms with E-state index in [1.165, 1.54) is 6.33 Å². The Bertz CT molecular complexity index is 354. The standard InChI is InChI=1S/C11H16N4O/c1-8-4-13-6-10(8)11(16)14-5-9-2-3-12-7-15-9/h2-3,7-8,10,13H,4-6H2,1H3,(H,14,16). The van der Waals surface area contributed by atoms with Gasteiger partial charge in [-0.25, -0.2) is 9.97 Å². The minimum absolute atomic E-state index is 0.0850. The van der Waals surface area contributed by atoms with Gasteiger partial charge < -0.3 is 10.6 Å². The van der Waals surface area contributed by atoms with Crippen molar-refractivity contribution in [3.05, 3.63) is 24.3 Å². The quantitative estimate of drug-likeness (QED) is 0.749. The summed E-state index contributed by atoms with van der Waals surface area (Å²) in [6, 6.07) is 1.80. The fourth-order valence-corrected chi connectivity index (χ4v) is 1.89. The first-order valence-corrected chi connectivity index (χ1v) is 5.50. The lowest BCUT2D eigenvalue weighted by Gasteiger charge is -2.13. The highest BCUT2D eigenvalue weighted by Gasteiger charge is 2.29. The maximum atomic E-state index is 11.8. The van der Waals surface area contributed by atoms with Crippen LogP contribution in [0.5, 0.6) is 0 Å². The summed E-state index contributed by atoms with van der Waals surface area (Å²) >= 11 is 0. The van der Waals surface area contributed by atoms with Gasteiger partial charge in [-0.15, -0.1) is 0 Å². The van der Waals surface area contributed by atoms with Crippen LogP contribution in [0.4, 0.5) is 0 Å². The molecule has 0 aromatic carbocycles. The van der Waals surface area contributed by atoms with Gasteiger partial charge in [0.1, 0.15) is 6.33 Å². The van der Waals surface area contributed by atoms with Crippen molar-refractivity contribution in [1.29, 1.82) is 0 Å². The molecule has 1 aliphatic rings. The highest BCUT2D eigenvalue weighted by atomic mass is 16.1. The second-order valence-corrected chi connectivity index (χ2v) is 4.16. The van der Waals surface area contributed by atoms with Gasteiger partial charge >= 0.3 is 0 Å². The third-order valence-corrected chi connectivity index (χ3v) is 2.94. The predicted molar refractivity (Wildman–Crippen MR) is 59.4 cm³/mol. The van der Waals surface area contributed by atoms with E-state index in [9.17, 15) is 4.79 Å². The van der Waals surface area contributed by atoms with Crippen LogP contribution < -0.4 is 10.6 Å². The molecule has 0 aliphatic carbocycles. The molecule has 0 saturated carbocycles. The Hall–Kier alpha value is -1.49. The molecule has 5 nitrogen and oxygen atoms in total. The monoisotopic (exact) mass is 220 g/mol. The molecule has 2 N–H and O–H groups in total. The number of hydrogen-bond acceptors (Lipinski definition) is 4. The fourth-order valence-electron chi connectivity index (χ4n) is 1.89. The third-order valence-electron chi connectivity index (χ3n) is 2.94. The maximum Gasteiger partial charge on any atom is 0.225 e. The molecule has 86 valence electrons. The fraction of sp³-hybridized carbons (Fsp3) is 0.545. The molecule has 2 unspecified atom stereocenters. The Kier molecular flexibility index (Phi) is 3.46. The van der Waals surface area contributed by atoms with Crippen LogP contribution in [0, 0.1) is 11.8 Å². The molecular formula is C11H16N4O. The van der Waals surface area contributed by atoms with Gasteiger partial charge in [-0.05, 0) is 18.5 Å². The molecule has 0 spiro atoms. The Morgan fingerprint density at radius 3 is 3.12 bits per heavy atom. The average molecular weight is 220 g/mol. The van der Waals surface area contributed by atoms with Crippen molar-refractivity contribution < 1.29 is 4.79 Å². The van der Waals surface area contributed by atoms with E-state index >= 15 is 0 Å². The topological polar surface area (TPSA) is 66.9 Å². The first-order valence-electron chi connectivity index (χ1n) is 5.50. The molecule has 1 amide bonds. The minimum atomic E-state index is 0.0850. The smallest absolute Gasteiger partial charge is 0.225 e. The molecule has 1 aliphatic heterocycles. The van der Waals surface area contributed by atoms with E-state index in [4.69, 9.17) is 0 Å². The Morgan fingerprint density at radius 1 is 1.62 bits per heavy atom. The zero-order valence-electron chi connectivity index (χ0n) is 9.31. The van der Waals surface area contributed by atoms with Crippen LogP contribution in [0.1, 0.15) is 12.6 Å². The van der Waals surface area contributed by atoms with Gasteiger partial charge in [0, 0.05) is 12.7 Å². The number of carbonyl (C=O) groups excluding carboxylic acids is 1. The molecule has 1 aromatic rings. The lowest BCUT2D eigenvalue weighted by Crippen LogP contribution is -2.34.